The van der Waals surface area contributed by atoms with E-state index in [-0.39, 0.29) is 5.88 Å². The van der Waals surface area contributed by atoms with Crippen LogP contribution in [0.1, 0.15) is 17.0 Å². The van der Waals surface area contributed by atoms with E-state index in [2.05, 4.69) is 40.5 Å². The normalized spacial score (nSPS) is 14.9. The molecule has 3 N–H and O–H groups in total. The summed E-state index contributed by atoms with van der Waals surface area (Å²) in [4.78, 5) is 0. The monoisotopic (exact) mass is 420 g/mol. The first-order valence-electron chi connectivity index (χ1n) is 10.1. The SMILES string of the molecule is COc1cccc(-c2[nH]nc3c2[C@@H](c2ccc(-c4ccccc4)cc2)C(C#N)=C(N)O3)c1. The van der Waals surface area contributed by atoms with Crippen LogP contribution in [0.5, 0.6) is 11.6 Å². The van der Waals surface area contributed by atoms with Crippen molar-refractivity contribution in [3.05, 3.63) is 101 Å². The molecule has 0 saturated carbocycles. The minimum Gasteiger partial charge on any atom is -0.497 e. The van der Waals surface area contributed by atoms with E-state index in [4.69, 9.17) is 15.2 Å². The third kappa shape index (κ3) is 3.26. The maximum atomic E-state index is 9.91. The van der Waals surface area contributed by atoms with Crippen molar-refractivity contribution in [1.29, 1.82) is 5.26 Å². The molecule has 1 aromatic heterocycles. The average molecular weight is 420 g/mol. The number of ether oxygens (including phenoxy) is 2. The number of hydrogen-bond donors (Lipinski definition) is 2. The van der Waals surface area contributed by atoms with Gasteiger partial charge in [-0.1, -0.05) is 66.7 Å². The molecule has 0 amide bonds. The van der Waals surface area contributed by atoms with Crippen molar-refractivity contribution >= 4 is 0 Å². The van der Waals surface area contributed by atoms with Gasteiger partial charge in [-0.25, -0.2) is 0 Å². The van der Waals surface area contributed by atoms with Gasteiger partial charge in [-0.2, -0.15) is 5.26 Å². The molecule has 6 nitrogen and oxygen atoms in total. The molecule has 0 unspecified atom stereocenters. The lowest BCUT2D eigenvalue weighted by Gasteiger charge is -2.24. The van der Waals surface area contributed by atoms with E-state index in [1.807, 2.05) is 54.6 Å². The summed E-state index contributed by atoms with van der Waals surface area (Å²) in [5.41, 5.74) is 12.0. The van der Waals surface area contributed by atoms with Gasteiger partial charge in [0, 0.05) is 5.56 Å². The molecule has 1 aliphatic rings. The second-order valence-electron chi connectivity index (χ2n) is 7.46. The minimum atomic E-state index is -0.409. The van der Waals surface area contributed by atoms with Gasteiger partial charge < -0.3 is 15.2 Å². The van der Waals surface area contributed by atoms with Crippen LogP contribution in [0.2, 0.25) is 0 Å². The number of aromatic amines is 1. The molecule has 4 aromatic rings. The second kappa shape index (κ2) is 7.97. The predicted octanol–water partition coefficient (Wildman–Crippen LogP) is 4.97. The van der Waals surface area contributed by atoms with Crippen molar-refractivity contribution < 1.29 is 9.47 Å². The number of allylic oxidation sites excluding steroid dienone is 1. The summed E-state index contributed by atoms with van der Waals surface area (Å²) >= 11 is 0. The van der Waals surface area contributed by atoms with E-state index in [0.29, 0.717) is 11.5 Å². The Kier molecular flexibility index (Phi) is 4.85. The highest BCUT2D eigenvalue weighted by Crippen LogP contribution is 2.46. The third-order valence-electron chi connectivity index (χ3n) is 5.65. The van der Waals surface area contributed by atoms with E-state index in [1.54, 1.807) is 7.11 Å². The van der Waals surface area contributed by atoms with Crippen molar-refractivity contribution in [3.8, 4) is 40.1 Å². The Balaban J connectivity index is 1.64. The van der Waals surface area contributed by atoms with Gasteiger partial charge in [0.2, 0.25) is 11.8 Å². The summed E-state index contributed by atoms with van der Waals surface area (Å²) in [6, 6.07) is 28.2. The zero-order chi connectivity index (χ0) is 22.1. The first-order valence-corrected chi connectivity index (χ1v) is 10.1. The van der Waals surface area contributed by atoms with E-state index in [9.17, 15) is 5.26 Å². The first kappa shape index (κ1) is 19.5. The summed E-state index contributed by atoms with van der Waals surface area (Å²) in [6.07, 6.45) is 0. The number of aromatic nitrogens is 2. The Bertz CT molecular complexity index is 1350. The molecule has 0 fully saturated rings. The van der Waals surface area contributed by atoms with Crippen molar-refractivity contribution in [2.24, 2.45) is 5.73 Å². The number of nitrogens with two attached hydrogens (primary N) is 1. The molecule has 2 heterocycles. The van der Waals surface area contributed by atoms with Crippen LogP contribution in [0, 0.1) is 11.3 Å². The number of hydrogen-bond acceptors (Lipinski definition) is 5. The summed E-state index contributed by atoms with van der Waals surface area (Å²) in [5, 5.41) is 17.3. The van der Waals surface area contributed by atoms with E-state index >= 15 is 0 Å². The van der Waals surface area contributed by atoms with Gasteiger partial charge in [0.1, 0.15) is 17.4 Å². The van der Waals surface area contributed by atoms with Gasteiger partial charge >= 0.3 is 0 Å². The molecule has 3 aromatic carbocycles. The lowest BCUT2D eigenvalue weighted by molar-refractivity contribution is 0.379. The van der Waals surface area contributed by atoms with Crippen molar-refractivity contribution in [1.82, 2.24) is 10.2 Å². The third-order valence-corrected chi connectivity index (χ3v) is 5.65. The Morgan fingerprint density at radius 1 is 0.969 bits per heavy atom. The lowest BCUT2D eigenvalue weighted by atomic mass is 9.82. The average Bonchev–Trinajstić information content (AvgIpc) is 3.27. The Hall–Kier alpha value is -4.50. The van der Waals surface area contributed by atoms with Crippen LogP contribution >= 0.6 is 0 Å². The Morgan fingerprint density at radius 3 is 2.41 bits per heavy atom. The van der Waals surface area contributed by atoms with Gasteiger partial charge in [-0.15, -0.1) is 5.10 Å². The zero-order valence-corrected chi connectivity index (χ0v) is 17.4. The van der Waals surface area contributed by atoms with Crippen molar-refractivity contribution in [3.63, 3.8) is 0 Å². The van der Waals surface area contributed by atoms with Crippen molar-refractivity contribution in [2.45, 2.75) is 5.92 Å². The summed E-state index contributed by atoms with van der Waals surface area (Å²) in [6.45, 7) is 0. The first-order chi connectivity index (χ1) is 15.7. The summed E-state index contributed by atoms with van der Waals surface area (Å²) in [5.74, 6) is 0.757. The summed E-state index contributed by atoms with van der Waals surface area (Å²) < 4.78 is 11.1. The fourth-order valence-corrected chi connectivity index (χ4v) is 4.08. The molecule has 0 radical (unpaired) electrons. The van der Waals surface area contributed by atoms with Crippen LogP contribution in [0.4, 0.5) is 0 Å². The maximum Gasteiger partial charge on any atom is 0.244 e. The molecule has 1 atom stereocenters. The molecule has 0 spiro atoms. The molecule has 6 heteroatoms. The number of nitriles is 1. The number of fused-ring (bicyclic) bond motifs is 1. The molecule has 5 rings (SSSR count). The van der Waals surface area contributed by atoms with E-state index in [0.717, 1.165) is 39.3 Å². The Morgan fingerprint density at radius 2 is 1.69 bits per heavy atom. The highest BCUT2D eigenvalue weighted by molar-refractivity contribution is 5.72. The molecule has 156 valence electrons. The molecular weight excluding hydrogens is 400 g/mol. The molecule has 0 bridgehead atoms. The zero-order valence-electron chi connectivity index (χ0n) is 17.4. The minimum absolute atomic E-state index is 0.0702. The van der Waals surface area contributed by atoms with Crippen molar-refractivity contribution in [2.75, 3.05) is 7.11 Å². The van der Waals surface area contributed by atoms with Crippen LogP contribution in [0.25, 0.3) is 22.4 Å². The van der Waals surface area contributed by atoms with E-state index in [1.165, 1.54) is 0 Å². The van der Waals surface area contributed by atoms with Crippen LogP contribution in [0.15, 0.2) is 90.3 Å². The highest BCUT2D eigenvalue weighted by atomic mass is 16.5. The van der Waals surface area contributed by atoms with E-state index < -0.39 is 5.92 Å². The van der Waals surface area contributed by atoms with Gasteiger partial charge in [-0.3, -0.25) is 5.10 Å². The van der Waals surface area contributed by atoms with Crippen LogP contribution in [-0.2, 0) is 0 Å². The fraction of sp³-hybridized carbons (Fsp3) is 0.0769. The highest BCUT2D eigenvalue weighted by Gasteiger charge is 2.35. The molecule has 32 heavy (non-hydrogen) atoms. The second-order valence-corrected chi connectivity index (χ2v) is 7.46. The molecular formula is C26H20N4O2. The molecule has 0 aliphatic carbocycles. The van der Waals surface area contributed by atoms with Crippen LogP contribution < -0.4 is 15.2 Å². The number of methoxy groups -OCH3 is 1. The topological polar surface area (TPSA) is 97.0 Å². The van der Waals surface area contributed by atoms with Gasteiger partial charge in [0.25, 0.3) is 0 Å². The Labute approximate surface area is 185 Å². The largest absolute Gasteiger partial charge is 0.497 e. The number of rotatable bonds is 4. The number of benzene rings is 3. The standard InChI is InChI=1S/C26H20N4O2/c1-31-20-9-5-8-19(14-20)24-23-22(21(15-27)25(28)32-26(23)30-29-24)18-12-10-17(11-13-18)16-6-3-2-4-7-16/h2-14,22H,28H2,1H3,(H,29,30)/t22-/m0/s1. The van der Waals surface area contributed by atoms with Crippen LogP contribution in [-0.4, -0.2) is 17.3 Å². The predicted molar refractivity (Wildman–Crippen MR) is 122 cm³/mol. The number of nitrogens with one attached hydrogen (secondary N) is 1. The molecule has 1 aliphatic heterocycles. The van der Waals surface area contributed by atoms with Gasteiger partial charge in [0.05, 0.1) is 24.3 Å². The smallest absolute Gasteiger partial charge is 0.244 e. The lowest BCUT2D eigenvalue weighted by Crippen LogP contribution is -2.21. The maximum absolute atomic E-state index is 9.91. The summed E-state index contributed by atoms with van der Waals surface area (Å²) in [7, 11) is 1.62. The molecule has 0 saturated heterocycles. The van der Waals surface area contributed by atoms with Gasteiger partial charge in [-0.05, 0) is 28.8 Å². The fourth-order valence-electron chi connectivity index (χ4n) is 4.08. The number of nitrogens with zero attached hydrogens (tertiary/aromatic N) is 2. The number of H-pyrrole nitrogens is 1. The quantitative estimate of drug-likeness (QED) is 0.486. The van der Waals surface area contributed by atoms with Crippen LogP contribution in [0.3, 0.4) is 0 Å². The van der Waals surface area contributed by atoms with Gasteiger partial charge in [0.15, 0.2) is 0 Å².